The highest BCUT2D eigenvalue weighted by atomic mass is 35.5. The summed E-state index contributed by atoms with van der Waals surface area (Å²) in [7, 11) is 0. The minimum Gasteiger partial charge on any atom is -0.444 e. The van der Waals surface area contributed by atoms with Crippen molar-refractivity contribution in [2.24, 2.45) is 0 Å². The van der Waals surface area contributed by atoms with Crippen LogP contribution in [-0.2, 0) is 4.74 Å². The lowest BCUT2D eigenvalue weighted by atomic mass is 10.1. The van der Waals surface area contributed by atoms with Crippen molar-refractivity contribution >= 4 is 40.0 Å². The number of alkyl carbamates (subject to hydrolysis) is 1. The van der Waals surface area contributed by atoms with Crippen LogP contribution in [0.25, 0.3) is 10.9 Å². The number of carbonyl (C=O) groups is 1. The summed E-state index contributed by atoms with van der Waals surface area (Å²) in [6.45, 7) is 6.61. The first-order chi connectivity index (χ1) is 11.3. The van der Waals surface area contributed by atoms with Gasteiger partial charge in [0.15, 0.2) is 5.15 Å². The van der Waals surface area contributed by atoms with Gasteiger partial charge in [0.1, 0.15) is 5.60 Å². The van der Waals surface area contributed by atoms with Crippen molar-refractivity contribution in [1.29, 1.82) is 0 Å². The molecule has 0 atom stereocenters. The highest BCUT2D eigenvalue weighted by molar-refractivity contribution is 6.33. The van der Waals surface area contributed by atoms with Crippen molar-refractivity contribution in [1.82, 2.24) is 10.3 Å². The zero-order chi connectivity index (χ0) is 17.7. The third-order valence-electron chi connectivity index (χ3n) is 3.21. The van der Waals surface area contributed by atoms with Crippen LogP contribution in [0.1, 0.15) is 27.2 Å². The second-order valence-corrected chi connectivity index (χ2v) is 6.78. The van der Waals surface area contributed by atoms with Crippen molar-refractivity contribution in [3.05, 3.63) is 29.4 Å². The number of nitrogens with zero attached hydrogens (tertiary/aromatic N) is 1. The van der Waals surface area contributed by atoms with Gasteiger partial charge in [-0.05, 0) is 33.3 Å². The van der Waals surface area contributed by atoms with Crippen molar-refractivity contribution in [3.63, 3.8) is 0 Å². The number of hydrogen-bond acceptors (Lipinski definition) is 5. The smallest absolute Gasteiger partial charge is 0.407 e. The van der Waals surface area contributed by atoms with Gasteiger partial charge in [-0.1, -0.05) is 29.8 Å². The van der Waals surface area contributed by atoms with Gasteiger partial charge >= 0.3 is 6.09 Å². The van der Waals surface area contributed by atoms with Gasteiger partial charge < -0.3 is 21.1 Å². The number of nitrogen functional groups attached to an aromatic ring is 1. The maximum absolute atomic E-state index is 11.6. The Balaban J connectivity index is 1.90. The van der Waals surface area contributed by atoms with E-state index >= 15 is 0 Å². The SMILES string of the molecule is CC(C)(C)OC(=O)NCCCNc1c(N)c(Cl)nc2ccccc12. The number of rotatable bonds is 5. The minimum absolute atomic E-state index is 0.281. The maximum Gasteiger partial charge on any atom is 0.407 e. The number of amides is 1. The zero-order valence-corrected chi connectivity index (χ0v) is 14.9. The van der Waals surface area contributed by atoms with E-state index < -0.39 is 11.7 Å². The summed E-state index contributed by atoms with van der Waals surface area (Å²) in [5.74, 6) is 0. The van der Waals surface area contributed by atoms with Crippen molar-refractivity contribution in [3.8, 4) is 0 Å². The fraction of sp³-hybridized carbons (Fsp3) is 0.412. The Labute approximate surface area is 146 Å². The van der Waals surface area contributed by atoms with E-state index in [1.807, 2.05) is 45.0 Å². The molecule has 130 valence electrons. The molecule has 2 rings (SSSR count). The molecule has 0 unspecified atom stereocenters. The van der Waals surface area contributed by atoms with Crippen LogP contribution in [0.2, 0.25) is 5.15 Å². The Hall–Kier alpha value is -2.21. The summed E-state index contributed by atoms with van der Waals surface area (Å²) in [5.41, 5.74) is 7.51. The number of pyridine rings is 1. The molecular formula is C17H23ClN4O2. The van der Waals surface area contributed by atoms with Gasteiger partial charge in [0.05, 0.1) is 16.9 Å². The Morgan fingerprint density at radius 1 is 1.29 bits per heavy atom. The number of fused-ring (bicyclic) bond motifs is 1. The lowest BCUT2D eigenvalue weighted by Gasteiger charge is -2.19. The summed E-state index contributed by atoms with van der Waals surface area (Å²) in [6, 6.07) is 7.65. The fourth-order valence-corrected chi connectivity index (χ4v) is 2.38. The Bertz CT molecular complexity index is 728. The summed E-state index contributed by atoms with van der Waals surface area (Å²) in [5, 5.41) is 7.19. The molecule has 0 saturated carbocycles. The predicted molar refractivity (Wildman–Crippen MR) is 98.5 cm³/mol. The van der Waals surface area contributed by atoms with Crippen LogP contribution in [0.3, 0.4) is 0 Å². The zero-order valence-electron chi connectivity index (χ0n) is 14.1. The first-order valence-electron chi connectivity index (χ1n) is 7.82. The predicted octanol–water partition coefficient (Wildman–Crippen LogP) is 3.80. The molecule has 1 heterocycles. The molecule has 1 aromatic carbocycles. The molecule has 0 aliphatic carbocycles. The quantitative estimate of drug-likeness (QED) is 0.563. The summed E-state index contributed by atoms with van der Waals surface area (Å²) in [4.78, 5) is 15.8. The molecule has 1 amide bonds. The van der Waals surface area contributed by atoms with Crippen LogP contribution in [0, 0.1) is 0 Å². The Morgan fingerprint density at radius 2 is 2.00 bits per heavy atom. The normalized spacial score (nSPS) is 11.3. The first kappa shape index (κ1) is 18.1. The number of nitrogens with one attached hydrogen (secondary N) is 2. The summed E-state index contributed by atoms with van der Waals surface area (Å²) >= 11 is 6.09. The molecule has 0 spiro atoms. The standard InChI is InChI=1S/C17H23ClN4O2/c1-17(2,3)24-16(23)21-10-6-9-20-14-11-7-4-5-8-12(11)22-15(18)13(14)19/h4-5,7-8H,6,9-10,19H2,1-3H3,(H,20,22)(H,21,23). The van der Waals surface area contributed by atoms with Crippen LogP contribution in [-0.4, -0.2) is 29.8 Å². The second-order valence-electron chi connectivity index (χ2n) is 6.42. The highest BCUT2D eigenvalue weighted by Gasteiger charge is 2.15. The number of aromatic nitrogens is 1. The molecule has 0 bridgehead atoms. The van der Waals surface area contributed by atoms with E-state index in [-0.39, 0.29) is 5.15 Å². The fourth-order valence-electron chi connectivity index (χ4n) is 2.19. The van der Waals surface area contributed by atoms with Crippen LogP contribution in [0.4, 0.5) is 16.2 Å². The number of para-hydroxylation sites is 1. The van der Waals surface area contributed by atoms with Crippen LogP contribution >= 0.6 is 11.6 Å². The average molecular weight is 351 g/mol. The van der Waals surface area contributed by atoms with Gasteiger partial charge in [0.2, 0.25) is 0 Å². The van der Waals surface area contributed by atoms with Crippen molar-refractivity contribution < 1.29 is 9.53 Å². The van der Waals surface area contributed by atoms with E-state index in [1.165, 1.54) is 0 Å². The molecule has 7 heteroatoms. The molecule has 1 aromatic heterocycles. The molecule has 4 N–H and O–H groups in total. The number of ether oxygens (including phenoxy) is 1. The molecule has 6 nitrogen and oxygen atoms in total. The molecule has 0 aliphatic heterocycles. The second kappa shape index (κ2) is 7.57. The van der Waals surface area contributed by atoms with Gasteiger partial charge in [-0.3, -0.25) is 0 Å². The largest absolute Gasteiger partial charge is 0.444 e. The summed E-state index contributed by atoms with van der Waals surface area (Å²) < 4.78 is 5.18. The Morgan fingerprint density at radius 3 is 2.71 bits per heavy atom. The molecule has 0 fully saturated rings. The lowest BCUT2D eigenvalue weighted by Crippen LogP contribution is -2.33. The highest BCUT2D eigenvalue weighted by Crippen LogP contribution is 2.33. The monoisotopic (exact) mass is 350 g/mol. The van der Waals surface area contributed by atoms with Gasteiger partial charge in [0.25, 0.3) is 0 Å². The molecule has 0 radical (unpaired) electrons. The molecular weight excluding hydrogens is 328 g/mol. The number of anilines is 2. The number of benzene rings is 1. The van der Waals surface area contributed by atoms with Gasteiger partial charge in [-0.25, -0.2) is 9.78 Å². The lowest BCUT2D eigenvalue weighted by molar-refractivity contribution is 0.0528. The van der Waals surface area contributed by atoms with E-state index in [9.17, 15) is 4.79 Å². The van der Waals surface area contributed by atoms with E-state index in [4.69, 9.17) is 22.1 Å². The van der Waals surface area contributed by atoms with E-state index in [1.54, 1.807) is 0 Å². The van der Waals surface area contributed by atoms with Crippen molar-refractivity contribution in [2.75, 3.05) is 24.1 Å². The van der Waals surface area contributed by atoms with Gasteiger partial charge in [-0.2, -0.15) is 0 Å². The van der Waals surface area contributed by atoms with E-state index in [2.05, 4.69) is 15.6 Å². The summed E-state index contributed by atoms with van der Waals surface area (Å²) in [6.07, 6.45) is 0.298. The topological polar surface area (TPSA) is 89.3 Å². The Kier molecular flexibility index (Phi) is 5.72. The number of carbonyl (C=O) groups excluding carboxylic acids is 1. The van der Waals surface area contributed by atoms with Crippen LogP contribution in [0.5, 0.6) is 0 Å². The first-order valence-corrected chi connectivity index (χ1v) is 8.20. The number of halogens is 1. The van der Waals surface area contributed by atoms with Crippen LogP contribution < -0.4 is 16.4 Å². The van der Waals surface area contributed by atoms with E-state index in [0.29, 0.717) is 25.2 Å². The molecule has 2 aromatic rings. The van der Waals surface area contributed by atoms with Crippen molar-refractivity contribution in [2.45, 2.75) is 32.8 Å². The molecule has 0 saturated heterocycles. The third kappa shape index (κ3) is 4.89. The average Bonchev–Trinajstić information content (AvgIpc) is 2.48. The maximum atomic E-state index is 11.6. The number of hydrogen-bond donors (Lipinski definition) is 3. The third-order valence-corrected chi connectivity index (χ3v) is 3.50. The molecule has 0 aliphatic rings. The van der Waals surface area contributed by atoms with Gasteiger partial charge in [0, 0.05) is 18.5 Å². The van der Waals surface area contributed by atoms with Crippen LogP contribution in [0.15, 0.2) is 24.3 Å². The number of nitrogens with two attached hydrogens (primary N) is 1. The minimum atomic E-state index is -0.497. The van der Waals surface area contributed by atoms with E-state index in [0.717, 1.165) is 16.6 Å². The molecule has 24 heavy (non-hydrogen) atoms. The van der Waals surface area contributed by atoms with Gasteiger partial charge in [-0.15, -0.1) is 0 Å².